The summed E-state index contributed by atoms with van der Waals surface area (Å²) in [5.74, 6) is 0.282. The van der Waals surface area contributed by atoms with Crippen molar-refractivity contribution in [3.63, 3.8) is 0 Å². The number of amides is 4. The molecule has 0 spiro atoms. The maximum atomic E-state index is 12.2. The van der Waals surface area contributed by atoms with Crippen molar-refractivity contribution in [2.75, 3.05) is 14.1 Å². The lowest BCUT2D eigenvalue weighted by Crippen LogP contribution is -2.37. The van der Waals surface area contributed by atoms with Crippen LogP contribution in [0.2, 0.25) is 0 Å². The van der Waals surface area contributed by atoms with Crippen LogP contribution in [0.4, 0.5) is 4.79 Å². The minimum absolute atomic E-state index is 0.0352. The van der Waals surface area contributed by atoms with E-state index in [-0.39, 0.29) is 29.9 Å². The van der Waals surface area contributed by atoms with Gasteiger partial charge in [-0.15, -0.1) is 0 Å². The Kier molecular flexibility index (Phi) is 4.18. The third-order valence-electron chi connectivity index (χ3n) is 4.67. The highest BCUT2D eigenvalue weighted by atomic mass is 16.5. The highest BCUT2D eigenvalue weighted by Gasteiger charge is 2.41. The first-order valence-electron chi connectivity index (χ1n) is 8.30. The largest absolute Gasteiger partial charge is 0.487 e. The van der Waals surface area contributed by atoms with E-state index in [4.69, 9.17) is 4.74 Å². The Bertz CT molecular complexity index is 744. The summed E-state index contributed by atoms with van der Waals surface area (Å²) in [6, 6.07) is 4.77. The van der Waals surface area contributed by atoms with E-state index < -0.39 is 6.04 Å². The summed E-state index contributed by atoms with van der Waals surface area (Å²) in [6.07, 6.45) is 0.798. The lowest BCUT2D eigenvalue weighted by Gasteiger charge is -2.16. The summed E-state index contributed by atoms with van der Waals surface area (Å²) >= 11 is 0. The van der Waals surface area contributed by atoms with Crippen LogP contribution in [0, 0.1) is 0 Å². The fourth-order valence-electron chi connectivity index (χ4n) is 3.30. The first kappa shape index (κ1) is 17.3. The molecule has 4 amide bonds. The van der Waals surface area contributed by atoms with Crippen molar-refractivity contribution in [3.8, 4) is 5.75 Å². The lowest BCUT2D eigenvalue weighted by molar-refractivity contribution is -0.131. The molecule has 0 bridgehead atoms. The number of carbonyl (C=O) groups excluding carboxylic acids is 3. The van der Waals surface area contributed by atoms with Crippen LogP contribution in [-0.2, 0) is 22.6 Å². The second-order valence-corrected chi connectivity index (χ2v) is 7.27. The maximum absolute atomic E-state index is 12.2. The van der Waals surface area contributed by atoms with E-state index in [1.807, 2.05) is 32.0 Å². The Morgan fingerprint density at radius 1 is 1.32 bits per heavy atom. The molecule has 1 aromatic rings. The molecule has 7 heteroatoms. The van der Waals surface area contributed by atoms with Crippen molar-refractivity contribution in [2.45, 2.75) is 44.9 Å². The van der Waals surface area contributed by atoms with Crippen LogP contribution in [0.1, 0.15) is 31.4 Å². The number of rotatable bonds is 4. The van der Waals surface area contributed by atoms with Crippen molar-refractivity contribution >= 4 is 17.8 Å². The Labute approximate surface area is 146 Å². The number of likely N-dealkylation sites (N-methyl/N-ethyl adjacent to an activating group) is 2. The maximum Gasteiger partial charge on any atom is 0.326 e. The smallest absolute Gasteiger partial charge is 0.326 e. The normalized spacial score (nSPS) is 21.4. The van der Waals surface area contributed by atoms with Crippen molar-refractivity contribution in [1.29, 1.82) is 0 Å². The summed E-state index contributed by atoms with van der Waals surface area (Å²) in [4.78, 5) is 38.2. The van der Waals surface area contributed by atoms with Crippen LogP contribution < -0.4 is 10.1 Å². The van der Waals surface area contributed by atoms with Crippen LogP contribution in [0.5, 0.6) is 5.75 Å². The molecule has 2 aliphatic heterocycles. The molecule has 1 unspecified atom stereocenters. The lowest BCUT2D eigenvalue weighted by atomic mass is 10.0. The standard InChI is InChI=1S/C18H23N3O4/c1-18(2)9-12-7-11(5-6-14(12)25-18)10-19-15(22)8-13-16(23)21(4)17(24)20(13)3/h5-7,13H,8-10H2,1-4H3,(H,19,22). The molecule has 25 heavy (non-hydrogen) atoms. The number of hydrogen-bond acceptors (Lipinski definition) is 4. The van der Waals surface area contributed by atoms with Gasteiger partial charge in [0.05, 0.1) is 6.42 Å². The molecule has 134 valence electrons. The monoisotopic (exact) mass is 345 g/mol. The average Bonchev–Trinajstić information content (AvgIpc) is 2.95. The van der Waals surface area contributed by atoms with Gasteiger partial charge in [0.1, 0.15) is 17.4 Å². The molecular formula is C18H23N3O4. The molecule has 1 aromatic carbocycles. The fourth-order valence-corrected chi connectivity index (χ4v) is 3.30. The van der Waals surface area contributed by atoms with Gasteiger partial charge in [-0.1, -0.05) is 12.1 Å². The Morgan fingerprint density at radius 3 is 2.68 bits per heavy atom. The molecule has 1 saturated heterocycles. The number of ether oxygens (including phenoxy) is 1. The zero-order chi connectivity index (χ0) is 18.4. The second kappa shape index (κ2) is 6.06. The van der Waals surface area contributed by atoms with Gasteiger partial charge < -0.3 is 15.0 Å². The van der Waals surface area contributed by atoms with Gasteiger partial charge in [0.25, 0.3) is 5.91 Å². The van der Waals surface area contributed by atoms with Gasteiger partial charge in [-0.25, -0.2) is 4.79 Å². The zero-order valence-electron chi connectivity index (χ0n) is 15.0. The fraction of sp³-hybridized carbons (Fsp3) is 0.500. The van der Waals surface area contributed by atoms with Gasteiger partial charge >= 0.3 is 6.03 Å². The van der Waals surface area contributed by atoms with Gasteiger partial charge in [0, 0.05) is 27.1 Å². The molecule has 1 fully saturated rings. The number of fused-ring (bicyclic) bond motifs is 1. The molecule has 2 heterocycles. The minimum atomic E-state index is -0.730. The highest BCUT2D eigenvalue weighted by molar-refractivity contribution is 6.05. The van der Waals surface area contributed by atoms with E-state index in [1.54, 1.807) is 0 Å². The summed E-state index contributed by atoms with van der Waals surface area (Å²) in [6.45, 7) is 4.46. The summed E-state index contributed by atoms with van der Waals surface area (Å²) in [7, 11) is 2.96. The van der Waals surface area contributed by atoms with Crippen LogP contribution in [0.3, 0.4) is 0 Å². The Balaban J connectivity index is 1.57. The number of benzene rings is 1. The van der Waals surface area contributed by atoms with Crippen molar-refractivity contribution < 1.29 is 19.1 Å². The SMILES string of the molecule is CN1C(=O)C(CC(=O)NCc2ccc3c(c2)CC(C)(C)O3)N(C)C1=O. The molecule has 0 aromatic heterocycles. The van der Waals surface area contributed by atoms with E-state index in [2.05, 4.69) is 5.32 Å². The third kappa shape index (κ3) is 3.31. The Morgan fingerprint density at radius 2 is 2.04 bits per heavy atom. The van der Waals surface area contributed by atoms with Crippen LogP contribution in [-0.4, -0.2) is 53.4 Å². The molecule has 1 atom stereocenters. The van der Waals surface area contributed by atoms with Gasteiger partial charge in [0.15, 0.2) is 0 Å². The number of imide groups is 1. The van der Waals surface area contributed by atoms with Crippen LogP contribution >= 0.6 is 0 Å². The molecule has 2 aliphatic rings. The Hall–Kier alpha value is -2.57. The third-order valence-corrected chi connectivity index (χ3v) is 4.67. The average molecular weight is 345 g/mol. The van der Waals surface area contributed by atoms with Gasteiger partial charge in [-0.2, -0.15) is 0 Å². The first-order chi connectivity index (χ1) is 11.7. The number of carbonyl (C=O) groups is 3. The number of nitrogens with one attached hydrogen (secondary N) is 1. The van der Waals surface area contributed by atoms with Crippen LogP contribution in [0.25, 0.3) is 0 Å². The molecular weight excluding hydrogens is 322 g/mol. The number of urea groups is 1. The van der Waals surface area contributed by atoms with Gasteiger partial charge in [-0.05, 0) is 31.0 Å². The topological polar surface area (TPSA) is 79.0 Å². The summed E-state index contributed by atoms with van der Waals surface area (Å²) in [5, 5.41) is 2.82. The molecule has 1 N–H and O–H groups in total. The highest BCUT2D eigenvalue weighted by Crippen LogP contribution is 2.35. The number of nitrogens with zero attached hydrogens (tertiary/aromatic N) is 2. The number of hydrogen-bond donors (Lipinski definition) is 1. The predicted molar refractivity (Wildman–Crippen MR) is 91.0 cm³/mol. The first-order valence-corrected chi connectivity index (χ1v) is 8.30. The van der Waals surface area contributed by atoms with Crippen LogP contribution in [0.15, 0.2) is 18.2 Å². The predicted octanol–water partition coefficient (Wildman–Crippen LogP) is 1.30. The van der Waals surface area contributed by atoms with Crippen molar-refractivity contribution in [2.24, 2.45) is 0 Å². The molecule has 0 radical (unpaired) electrons. The van der Waals surface area contributed by atoms with E-state index in [1.165, 1.54) is 19.0 Å². The quantitative estimate of drug-likeness (QED) is 0.834. The van der Waals surface area contributed by atoms with E-state index >= 15 is 0 Å². The van der Waals surface area contributed by atoms with Gasteiger partial charge in [0.2, 0.25) is 5.91 Å². The zero-order valence-corrected chi connectivity index (χ0v) is 15.0. The van der Waals surface area contributed by atoms with Gasteiger partial charge in [-0.3, -0.25) is 14.5 Å². The summed E-state index contributed by atoms with van der Waals surface area (Å²) < 4.78 is 5.84. The molecule has 7 nitrogen and oxygen atoms in total. The summed E-state index contributed by atoms with van der Waals surface area (Å²) in [5.41, 5.74) is 1.92. The van der Waals surface area contributed by atoms with E-state index in [0.29, 0.717) is 6.54 Å². The van der Waals surface area contributed by atoms with Crippen molar-refractivity contribution in [3.05, 3.63) is 29.3 Å². The van der Waals surface area contributed by atoms with Crippen molar-refractivity contribution in [1.82, 2.24) is 15.1 Å². The minimum Gasteiger partial charge on any atom is -0.487 e. The molecule has 0 aliphatic carbocycles. The molecule has 0 saturated carbocycles. The molecule has 3 rings (SSSR count). The second-order valence-electron chi connectivity index (χ2n) is 7.27. The van der Waals surface area contributed by atoms with E-state index in [0.717, 1.165) is 28.2 Å². The van der Waals surface area contributed by atoms with E-state index in [9.17, 15) is 14.4 Å².